The molecule has 1 aromatic heterocycles. The summed E-state index contributed by atoms with van der Waals surface area (Å²) in [6.07, 6.45) is 0. The number of fused-ring (bicyclic) bond motifs is 2. The number of nitrogens with zero attached hydrogens (tertiary/aromatic N) is 2. The first-order valence-electron chi connectivity index (χ1n) is 11.6. The van der Waals surface area contributed by atoms with Crippen LogP contribution < -0.4 is 21.1 Å². The maximum absolute atomic E-state index is 13.4. The van der Waals surface area contributed by atoms with Crippen molar-refractivity contribution < 1.29 is 9.53 Å². The Bertz CT molecular complexity index is 1670. The van der Waals surface area contributed by atoms with Crippen LogP contribution in [0.15, 0.2) is 108 Å². The number of hydrogen-bond acceptors (Lipinski definition) is 6. The van der Waals surface area contributed by atoms with Crippen LogP contribution >= 0.6 is 11.8 Å². The number of amides is 1. The fourth-order valence-electron chi connectivity index (χ4n) is 4.04. The first-order valence-corrected chi connectivity index (χ1v) is 12.5. The van der Waals surface area contributed by atoms with Gasteiger partial charge in [0.05, 0.1) is 35.2 Å². The van der Waals surface area contributed by atoms with Crippen molar-refractivity contribution in [2.45, 2.75) is 5.16 Å². The van der Waals surface area contributed by atoms with Gasteiger partial charge in [-0.05, 0) is 47.2 Å². The lowest BCUT2D eigenvalue weighted by Crippen LogP contribution is -2.37. The van der Waals surface area contributed by atoms with Crippen molar-refractivity contribution in [2.75, 3.05) is 12.9 Å². The molecule has 184 valence electrons. The molecule has 4 aromatic carbocycles. The minimum atomic E-state index is -0.282. The molecule has 37 heavy (non-hydrogen) atoms. The van der Waals surface area contributed by atoms with Crippen molar-refractivity contribution in [3.63, 3.8) is 0 Å². The van der Waals surface area contributed by atoms with Crippen molar-refractivity contribution in [2.24, 2.45) is 0 Å². The smallest absolute Gasteiger partial charge is 0.266 e. The number of methoxy groups -OCH3 is 1. The molecule has 0 saturated carbocycles. The summed E-state index contributed by atoms with van der Waals surface area (Å²) in [7, 11) is 1.58. The van der Waals surface area contributed by atoms with E-state index in [1.807, 2.05) is 48.5 Å². The number of carbonyl (C=O) groups is 1. The molecule has 1 amide bonds. The average Bonchev–Trinajstić information content (AvgIpc) is 2.94. The Kier molecular flexibility index (Phi) is 6.91. The standard InChI is InChI=1S/C29H24N4O3S/c1-19(23-12-7-9-20-8-3-4-10-24(20)23)31-32-27(34)18-37-29-30-26-13-6-5-11-25(26)28(35)33(29)21-14-16-22(36-2)17-15-21/h3-17,31H,1,18H2,2H3,(H,32,34). The quantitative estimate of drug-likeness (QED) is 0.176. The summed E-state index contributed by atoms with van der Waals surface area (Å²) in [6.45, 7) is 4.08. The minimum Gasteiger partial charge on any atom is -0.497 e. The van der Waals surface area contributed by atoms with Crippen molar-refractivity contribution >= 4 is 45.0 Å². The van der Waals surface area contributed by atoms with Gasteiger partial charge >= 0.3 is 0 Å². The summed E-state index contributed by atoms with van der Waals surface area (Å²) in [5.41, 5.74) is 8.09. The molecule has 0 unspecified atom stereocenters. The van der Waals surface area contributed by atoms with Gasteiger partial charge in [0.1, 0.15) is 5.75 Å². The highest BCUT2D eigenvalue weighted by Crippen LogP contribution is 2.24. The van der Waals surface area contributed by atoms with Crippen LogP contribution in [-0.4, -0.2) is 28.3 Å². The molecule has 5 aromatic rings. The van der Waals surface area contributed by atoms with E-state index in [9.17, 15) is 9.59 Å². The van der Waals surface area contributed by atoms with Gasteiger partial charge in [0.15, 0.2) is 5.16 Å². The lowest BCUT2D eigenvalue weighted by atomic mass is 10.0. The first-order chi connectivity index (χ1) is 18.0. The number of aromatic nitrogens is 2. The number of carbonyl (C=O) groups excluding carboxylic acids is 1. The number of rotatable bonds is 8. The Morgan fingerprint density at radius 1 is 0.919 bits per heavy atom. The van der Waals surface area contributed by atoms with Crippen LogP contribution in [-0.2, 0) is 4.79 Å². The Morgan fingerprint density at radius 2 is 1.62 bits per heavy atom. The van der Waals surface area contributed by atoms with E-state index in [0.29, 0.717) is 33.2 Å². The van der Waals surface area contributed by atoms with Gasteiger partial charge in [-0.15, -0.1) is 0 Å². The maximum Gasteiger partial charge on any atom is 0.266 e. The minimum absolute atomic E-state index is 0.0384. The molecule has 0 atom stereocenters. The van der Waals surface area contributed by atoms with Crippen LogP contribution in [0.2, 0.25) is 0 Å². The van der Waals surface area contributed by atoms with Gasteiger partial charge in [-0.1, -0.05) is 72.9 Å². The molecular weight excluding hydrogens is 484 g/mol. The molecule has 0 aliphatic carbocycles. The fraction of sp³-hybridized carbons (Fsp3) is 0.0690. The van der Waals surface area contributed by atoms with E-state index in [2.05, 4.69) is 22.4 Å². The first kappa shape index (κ1) is 24.1. The number of hydrogen-bond donors (Lipinski definition) is 2. The maximum atomic E-state index is 13.4. The molecule has 5 rings (SSSR count). The molecule has 0 bridgehead atoms. The fourth-order valence-corrected chi connectivity index (χ4v) is 4.85. The van der Waals surface area contributed by atoms with Crippen LogP contribution in [0, 0.1) is 0 Å². The topological polar surface area (TPSA) is 85.3 Å². The SMILES string of the molecule is C=C(NNC(=O)CSc1nc2ccccc2c(=O)n1-c1ccc(OC)cc1)c1cccc2ccccc12. The van der Waals surface area contributed by atoms with Crippen molar-refractivity contribution in [3.05, 3.63) is 113 Å². The lowest BCUT2D eigenvalue weighted by Gasteiger charge is -2.15. The highest BCUT2D eigenvalue weighted by Gasteiger charge is 2.15. The zero-order valence-electron chi connectivity index (χ0n) is 20.1. The molecule has 1 heterocycles. The Balaban J connectivity index is 1.34. The highest BCUT2D eigenvalue weighted by molar-refractivity contribution is 7.99. The van der Waals surface area contributed by atoms with Crippen LogP contribution in [0.5, 0.6) is 5.75 Å². The third kappa shape index (κ3) is 5.05. The third-order valence-corrected chi connectivity index (χ3v) is 6.81. The van der Waals surface area contributed by atoms with Gasteiger partial charge in [-0.2, -0.15) is 0 Å². The van der Waals surface area contributed by atoms with Gasteiger partial charge in [0.2, 0.25) is 5.91 Å². The molecule has 8 heteroatoms. The van der Waals surface area contributed by atoms with Gasteiger partial charge < -0.3 is 4.74 Å². The molecule has 7 nitrogen and oxygen atoms in total. The van der Waals surface area contributed by atoms with Crippen LogP contribution in [0.3, 0.4) is 0 Å². The van der Waals surface area contributed by atoms with Gasteiger partial charge in [0.25, 0.3) is 5.56 Å². The largest absolute Gasteiger partial charge is 0.497 e. The highest BCUT2D eigenvalue weighted by atomic mass is 32.2. The zero-order valence-corrected chi connectivity index (χ0v) is 20.9. The van der Waals surface area contributed by atoms with Crippen molar-refractivity contribution in [3.8, 4) is 11.4 Å². The average molecular weight is 509 g/mol. The molecular formula is C29H24N4O3S. The second-order valence-corrected chi connectivity index (χ2v) is 9.16. The van der Waals surface area contributed by atoms with Gasteiger partial charge in [-0.25, -0.2) is 4.98 Å². The van der Waals surface area contributed by atoms with E-state index < -0.39 is 0 Å². The van der Waals surface area contributed by atoms with Crippen LogP contribution in [0.25, 0.3) is 33.1 Å². The molecule has 0 spiro atoms. The summed E-state index contributed by atoms with van der Waals surface area (Å²) in [4.78, 5) is 30.8. The molecule has 0 aliphatic rings. The van der Waals surface area contributed by atoms with E-state index in [0.717, 1.165) is 16.3 Å². The van der Waals surface area contributed by atoms with Crippen molar-refractivity contribution in [1.29, 1.82) is 0 Å². The van der Waals surface area contributed by atoms with Crippen molar-refractivity contribution in [1.82, 2.24) is 20.4 Å². The molecule has 0 saturated heterocycles. The Labute approximate surface area is 217 Å². The molecule has 0 fully saturated rings. The Hall–Kier alpha value is -4.56. The number of ether oxygens (including phenoxy) is 1. The monoisotopic (exact) mass is 508 g/mol. The van der Waals surface area contributed by atoms with Gasteiger partial charge in [-0.3, -0.25) is 25.0 Å². The molecule has 2 N–H and O–H groups in total. The molecule has 0 aliphatic heterocycles. The lowest BCUT2D eigenvalue weighted by molar-refractivity contribution is -0.119. The number of hydrazine groups is 1. The number of benzene rings is 4. The van der Waals surface area contributed by atoms with E-state index >= 15 is 0 Å². The summed E-state index contributed by atoms with van der Waals surface area (Å²) < 4.78 is 6.76. The predicted molar refractivity (Wildman–Crippen MR) is 149 cm³/mol. The molecule has 0 radical (unpaired) electrons. The third-order valence-electron chi connectivity index (χ3n) is 5.88. The summed E-state index contributed by atoms with van der Waals surface area (Å²) in [5, 5.41) is 3.04. The van der Waals surface area contributed by atoms with Gasteiger partial charge in [0, 0.05) is 5.56 Å². The second kappa shape index (κ2) is 10.6. The Morgan fingerprint density at radius 3 is 2.41 bits per heavy atom. The summed E-state index contributed by atoms with van der Waals surface area (Å²) in [5.74, 6) is 0.434. The predicted octanol–water partition coefficient (Wildman–Crippen LogP) is 4.93. The van der Waals surface area contributed by atoms with E-state index in [-0.39, 0.29) is 17.2 Å². The number of para-hydroxylation sites is 1. The zero-order chi connectivity index (χ0) is 25.8. The van der Waals surface area contributed by atoms with E-state index in [1.165, 1.54) is 16.3 Å². The van der Waals surface area contributed by atoms with Crippen LogP contribution in [0.1, 0.15) is 5.56 Å². The summed E-state index contributed by atoms with van der Waals surface area (Å²) in [6, 6.07) is 28.2. The van der Waals surface area contributed by atoms with Crippen LogP contribution in [0.4, 0.5) is 0 Å². The summed E-state index contributed by atoms with van der Waals surface area (Å²) >= 11 is 1.18. The number of thioether (sulfide) groups is 1. The second-order valence-electron chi connectivity index (χ2n) is 8.22. The van der Waals surface area contributed by atoms with E-state index in [1.54, 1.807) is 49.6 Å². The number of nitrogens with one attached hydrogen (secondary N) is 2. The normalized spacial score (nSPS) is 10.8. The van der Waals surface area contributed by atoms with E-state index in [4.69, 9.17) is 4.74 Å².